The molecular weight excluding hydrogens is 474 g/mol. The summed E-state index contributed by atoms with van der Waals surface area (Å²) in [5.41, 5.74) is 4.15. The number of ether oxygens (including phenoxy) is 1. The van der Waals surface area contributed by atoms with Crippen molar-refractivity contribution in [3.63, 3.8) is 0 Å². The van der Waals surface area contributed by atoms with Crippen molar-refractivity contribution in [2.24, 2.45) is 5.10 Å². The minimum absolute atomic E-state index is 0.0377. The largest absolute Gasteiger partial charge is 0.495 e. The Morgan fingerprint density at radius 2 is 1.83 bits per heavy atom. The third kappa shape index (κ3) is 6.46. The van der Waals surface area contributed by atoms with Crippen LogP contribution in [0.5, 0.6) is 5.75 Å². The van der Waals surface area contributed by atoms with Gasteiger partial charge in [-0.15, -0.1) is 0 Å². The van der Waals surface area contributed by atoms with Gasteiger partial charge in [-0.1, -0.05) is 24.3 Å². The van der Waals surface area contributed by atoms with Crippen LogP contribution in [0, 0.1) is 10.1 Å². The van der Waals surface area contributed by atoms with Gasteiger partial charge >= 0.3 is 0 Å². The predicted molar refractivity (Wildman–Crippen MR) is 135 cm³/mol. The SMILES string of the molecule is COc1ccccc1NS(=O)(=O)c1cc([N+](=O)[O-])ccc1N/N=C/c1ccc(N(C)CCO)cc1. The molecule has 0 aliphatic carbocycles. The fourth-order valence-corrected chi connectivity index (χ4v) is 4.39. The Hall–Kier alpha value is -4.16. The van der Waals surface area contributed by atoms with Crippen molar-refractivity contribution in [3.05, 3.63) is 82.4 Å². The zero-order valence-electron chi connectivity index (χ0n) is 19.1. The molecule has 0 amide bonds. The van der Waals surface area contributed by atoms with E-state index in [1.54, 1.807) is 18.2 Å². The quantitative estimate of drug-likeness (QED) is 0.207. The molecule has 0 aliphatic rings. The highest BCUT2D eigenvalue weighted by atomic mass is 32.2. The molecule has 0 spiro atoms. The van der Waals surface area contributed by atoms with Gasteiger partial charge in [0.25, 0.3) is 15.7 Å². The van der Waals surface area contributed by atoms with Gasteiger partial charge in [0.2, 0.25) is 0 Å². The number of hydrazone groups is 1. The lowest BCUT2D eigenvalue weighted by molar-refractivity contribution is -0.385. The van der Waals surface area contributed by atoms with Gasteiger partial charge < -0.3 is 14.7 Å². The van der Waals surface area contributed by atoms with Crippen LogP contribution >= 0.6 is 0 Å². The first kappa shape index (κ1) is 25.5. The maximum absolute atomic E-state index is 13.1. The van der Waals surface area contributed by atoms with E-state index in [0.29, 0.717) is 12.3 Å². The zero-order chi connectivity index (χ0) is 25.4. The van der Waals surface area contributed by atoms with Crippen LogP contribution in [0.3, 0.4) is 0 Å². The molecule has 0 radical (unpaired) electrons. The average molecular weight is 500 g/mol. The molecule has 3 rings (SSSR count). The molecule has 0 saturated heterocycles. The van der Waals surface area contributed by atoms with Crippen molar-refractivity contribution in [1.29, 1.82) is 0 Å². The van der Waals surface area contributed by atoms with Gasteiger partial charge in [0, 0.05) is 31.4 Å². The van der Waals surface area contributed by atoms with Crippen molar-refractivity contribution in [2.75, 3.05) is 42.4 Å². The number of nitro benzene ring substituents is 1. The van der Waals surface area contributed by atoms with Crippen LogP contribution in [-0.2, 0) is 10.0 Å². The van der Waals surface area contributed by atoms with Crippen LogP contribution < -0.4 is 19.8 Å². The van der Waals surface area contributed by atoms with Gasteiger partial charge in [-0.2, -0.15) is 5.10 Å². The summed E-state index contributed by atoms with van der Waals surface area (Å²) in [5, 5.41) is 24.4. The monoisotopic (exact) mass is 499 g/mol. The Labute approximate surface area is 202 Å². The van der Waals surface area contributed by atoms with Crippen LogP contribution in [0.25, 0.3) is 0 Å². The number of aliphatic hydroxyl groups excluding tert-OH is 1. The molecule has 3 N–H and O–H groups in total. The van der Waals surface area contributed by atoms with E-state index in [1.165, 1.54) is 31.5 Å². The summed E-state index contributed by atoms with van der Waals surface area (Å²) in [6, 6.07) is 17.2. The van der Waals surface area contributed by atoms with Gasteiger partial charge in [-0.25, -0.2) is 8.42 Å². The average Bonchev–Trinajstić information content (AvgIpc) is 2.84. The van der Waals surface area contributed by atoms with E-state index in [1.807, 2.05) is 36.2 Å². The number of nitrogens with one attached hydrogen (secondary N) is 2. The van der Waals surface area contributed by atoms with E-state index in [9.17, 15) is 18.5 Å². The molecule has 0 fully saturated rings. The third-order valence-corrected chi connectivity index (χ3v) is 6.39. The molecule has 0 bridgehead atoms. The first-order valence-corrected chi connectivity index (χ1v) is 11.9. The number of hydrogen-bond donors (Lipinski definition) is 3. The molecule has 3 aromatic carbocycles. The molecule has 0 atom stereocenters. The van der Waals surface area contributed by atoms with E-state index in [0.717, 1.165) is 17.3 Å². The summed E-state index contributed by atoms with van der Waals surface area (Å²) in [4.78, 5) is 12.1. The predicted octanol–water partition coefficient (Wildman–Crippen LogP) is 3.28. The fraction of sp³-hybridized carbons (Fsp3) is 0.174. The standard InChI is InChI=1S/C23H25N5O6S/c1-27(13-14-29)18-9-7-17(8-10-18)16-24-25-21-12-11-19(28(30)31)15-23(21)35(32,33)26-20-5-3-4-6-22(20)34-2/h3-12,15-16,25-26,29H,13-14H2,1-2H3/b24-16+. The summed E-state index contributed by atoms with van der Waals surface area (Å²) in [5.74, 6) is 0.294. The number of rotatable bonds is 11. The number of non-ortho nitro benzene ring substituents is 1. The Morgan fingerprint density at radius 3 is 2.49 bits per heavy atom. The third-order valence-electron chi connectivity index (χ3n) is 4.98. The minimum Gasteiger partial charge on any atom is -0.495 e. The molecule has 35 heavy (non-hydrogen) atoms. The van der Waals surface area contributed by atoms with E-state index in [-0.39, 0.29) is 28.6 Å². The van der Waals surface area contributed by atoms with E-state index in [4.69, 9.17) is 9.84 Å². The van der Waals surface area contributed by atoms with Crippen LogP contribution in [0.15, 0.2) is 76.7 Å². The Kier molecular flexibility index (Phi) is 8.23. The molecule has 0 saturated carbocycles. The maximum Gasteiger partial charge on any atom is 0.270 e. The van der Waals surface area contributed by atoms with E-state index >= 15 is 0 Å². The summed E-state index contributed by atoms with van der Waals surface area (Å²) in [7, 11) is -0.985. The summed E-state index contributed by atoms with van der Waals surface area (Å²) in [6.45, 7) is 0.533. The van der Waals surface area contributed by atoms with E-state index < -0.39 is 14.9 Å². The second-order valence-electron chi connectivity index (χ2n) is 7.35. The Balaban J connectivity index is 1.87. The number of aliphatic hydroxyl groups is 1. The van der Waals surface area contributed by atoms with Gasteiger partial charge in [0.15, 0.2) is 0 Å². The van der Waals surface area contributed by atoms with Gasteiger partial charge in [-0.05, 0) is 35.9 Å². The maximum atomic E-state index is 13.1. The van der Waals surface area contributed by atoms with Gasteiger partial charge in [-0.3, -0.25) is 20.3 Å². The number of methoxy groups -OCH3 is 1. The number of likely N-dealkylation sites (N-methyl/N-ethyl adjacent to an activating group) is 1. The first-order valence-electron chi connectivity index (χ1n) is 10.4. The smallest absolute Gasteiger partial charge is 0.270 e. The van der Waals surface area contributed by atoms with E-state index in [2.05, 4.69) is 15.2 Å². The fourth-order valence-electron chi connectivity index (χ4n) is 3.14. The molecule has 11 nitrogen and oxygen atoms in total. The Morgan fingerprint density at radius 1 is 1.11 bits per heavy atom. The lowest BCUT2D eigenvalue weighted by Gasteiger charge is -2.17. The summed E-state index contributed by atoms with van der Waals surface area (Å²) >= 11 is 0. The van der Waals surface area contributed by atoms with Crippen molar-refractivity contribution in [1.82, 2.24) is 0 Å². The second kappa shape index (κ2) is 11.3. The number of hydrogen-bond acceptors (Lipinski definition) is 9. The van der Waals surface area contributed by atoms with Crippen molar-refractivity contribution >= 4 is 39.0 Å². The van der Waals surface area contributed by atoms with Crippen LogP contribution in [-0.4, -0.2) is 52.0 Å². The highest BCUT2D eigenvalue weighted by Crippen LogP contribution is 2.31. The highest BCUT2D eigenvalue weighted by Gasteiger charge is 2.23. The molecule has 0 aliphatic heterocycles. The van der Waals surface area contributed by atoms with Gasteiger partial charge in [0.05, 0.1) is 36.2 Å². The lowest BCUT2D eigenvalue weighted by atomic mass is 10.2. The summed E-state index contributed by atoms with van der Waals surface area (Å²) < 4.78 is 33.9. The number of benzene rings is 3. The van der Waals surface area contributed by atoms with Crippen LogP contribution in [0.1, 0.15) is 5.56 Å². The molecule has 3 aromatic rings. The second-order valence-corrected chi connectivity index (χ2v) is 9.00. The highest BCUT2D eigenvalue weighted by molar-refractivity contribution is 7.93. The topological polar surface area (TPSA) is 146 Å². The molecule has 0 unspecified atom stereocenters. The summed E-state index contributed by atoms with van der Waals surface area (Å²) in [6.07, 6.45) is 1.49. The lowest BCUT2D eigenvalue weighted by Crippen LogP contribution is -2.20. The van der Waals surface area contributed by atoms with Crippen molar-refractivity contribution < 1.29 is 23.2 Å². The first-order chi connectivity index (χ1) is 16.7. The number of nitro groups is 1. The zero-order valence-corrected chi connectivity index (χ0v) is 19.9. The molecule has 0 heterocycles. The molecule has 0 aromatic heterocycles. The number of anilines is 3. The van der Waals surface area contributed by atoms with Crippen molar-refractivity contribution in [2.45, 2.75) is 4.90 Å². The minimum atomic E-state index is -4.25. The van der Waals surface area contributed by atoms with Crippen LogP contribution in [0.2, 0.25) is 0 Å². The Bertz CT molecular complexity index is 1310. The molecule has 184 valence electrons. The molecular formula is C23H25N5O6S. The normalized spacial score (nSPS) is 11.3. The van der Waals surface area contributed by atoms with Gasteiger partial charge in [0.1, 0.15) is 10.6 Å². The number of nitrogens with zero attached hydrogens (tertiary/aromatic N) is 3. The van der Waals surface area contributed by atoms with Crippen molar-refractivity contribution in [3.8, 4) is 5.75 Å². The van der Waals surface area contributed by atoms with Crippen LogP contribution in [0.4, 0.5) is 22.7 Å². The number of sulfonamides is 1. The molecule has 12 heteroatoms. The number of para-hydroxylation sites is 2.